The molecule has 1 aromatic carbocycles. The molecular weight excluding hydrogens is 442 g/mol. The van der Waals surface area contributed by atoms with E-state index in [1.807, 2.05) is 4.57 Å². The molecule has 0 bridgehead atoms. The van der Waals surface area contributed by atoms with Gasteiger partial charge in [0.15, 0.2) is 5.52 Å². The van der Waals surface area contributed by atoms with Crippen LogP contribution in [-0.2, 0) is 11.3 Å². The van der Waals surface area contributed by atoms with Gasteiger partial charge in [-0.25, -0.2) is 4.57 Å². The summed E-state index contributed by atoms with van der Waals surface area (Å²) >= 11 is 1.34. The fraction of sp³-hybridized carbons (Fsp3) is 0.409. The van der Waals surface area contributed by atoms with Crippen molar-refractivity contribution in [2.75, 3.05) is 32.5 Å². The SMILES string of the molecule is COc1ccc(C#N)c(Sc2nc3c([nH]2)c(N)nc[n+]3CCC2CCN(C(=O)CO)CC2)c1. The van der Waals surface area contributed by atoms with Gasteiger partial charge in [0.25, 0.3) is 5.65 Å². The van der Waals surface area contributed by atoms with Crippen LogP contribution in [0.3, 0.4) is 0 Å². The second kappa shape index (κ2) is 10.1. The zero-order valence-corrected chi connectivity index (χ0v) is 19.1. The largest absolute Gasteiger partial charge is 0.497 e. The van der Waals surface area contributed by atoms with Crippen molar-refractivity contribution >= 4 is 34.7 Å². The van der Waals surface area contributed by atoms with E-state index in [1.165, 1.54) is 11.8 Å². The summed E-state index contributed by atoms with van der Waals surface area (Å²) in [4.78, 5) is 26.4. The summed E-state index contributed by atoms with van der Waals surface area (Å²) in [7, 11) is 1.58. The summed E-state index contributed by atoms with van der Waals surface area (Å²) < 4.78 is 7.26. The van der Waals surface area contributed by atoms with Crippen molar-refractivity contribution in [3.05, 3.63) is 30.1 Å². The number of amides is 1. The minimum Gasteiger partial charge on any atom is -0.497 e. The molecule has 0 radical (unpaired) electrons. The highest BCUT2D eigenvalue weighted by Crippen LogP contribution is 2.32. The van der Waals surface area contributed by atoms with E-state index in [-0.39, 0.29) is 5.91 Å². The highest BCUT2D eigenvalue weighted by Gasteiger charge is 2.24. The van der Waals surface area contributed by atoms with Gasteiger partial charge in [-0.2, -0.15) is 5.26 Å². The van der Waals surface area contributed by atoms with Crippen molar-refractivity contribution in [1.82, 2.24) is 19.9 Å². The average molecular weight is 469 g/mol. The van der Waals surface area contributed by atoms with Crippen molar-refractivity contribution in [3.63, 3.8) is 0 Å². The average Bonchev–Trinajstić information content (AvgIpc) is 3.28. The fourth-order valence-electron chi connectivity index (χ4n) is 4.00. The molecule has 1 amide bonds. The number of aliphatic hydroxyl groups is 1. The minimum absolute atomic E-state index is 0.204. The first-order valence-corrected chi connectivity index (χ1v) is 11.5. The van der Waals surface area contributed by atoms with E-state index in [2.05, 4.69) is 16.0 Å². The van der Waals surface area contributed by atoms with Crippen LogP contribution in [0.2, 0.25) is 0 Å². The molecule has 11 heteroatoms. The molecule has 0 aliphatic carbocycles. The van der Waals surface area contributed by atoms with E-state index in [0.29, 0.717) is 52.5 Å². The molecule has 3 aromatic rings. The van der Waals surface area contributed by atoms with Crippen LogP contribution in [0.5, 0.6) is 5.75 Å². The third kappa shape index (κ3) is 5.02. The van der Waals surface area contributed by atoms with Gasteiger partial charge in [-0.3, -0.25) is 4.79 Å². The molecular formula is C22H26N7O3S+. The Kier molecular flexibility index (Phi) is 6.96. The summed E-state index contributed by atoms with van der Waals surface area (Å²) in [5.74, 6) is 1.30. The smallest absolute Gasteiger partial charge is 0.294 e. The van der Waals surface area contributed by atoms with Crippen LogP contribution in [0, 0.1) is 17.2 Å². The molecule has 10 nitrogen and oxygen atoms in total. The molecule has 1 aliphatic heterocycles. The van der Waals surface area contributed by atoms with Crippen LogP contribution in [-0.4, -0.2) is 57.7 Å². The van der Waals surface area contributed by atoms with Gasteiger partial charge >= 0.3 is 0 Å². The number of carbonyl (C=O) groups is 1. The molecule has 1 aliphatic rings. The standard InChI is InChI=1S/C22H25N7O3S/c1-32-16-3-2-15(11-23)17(10-16)33-22-26-19-20(24)25-13-29(21(19)27-22)9-6-14-4-7-28(8-5-14)18(31)12-30/h2-3,10,13-14,30H,4-9,12H2,1H3,(H2,24,26,27)/p+1. The Morgan fingerprint density at radius 3 is 2.94 bits per heavy atom. The number of aryl methyl sites for hydroxylation is 1. The number of aromatic nitrogens is 4. The number of anilines is 1. The van der Waals surface area contributed by atoms with Crippen molar-refractivity contribution in [3.8, 4) is 11.8 Å². The number of hydrogen-bond acceptors (Lipinski definition) is 8. The van der Waals surface area contributed by atoms with E-state index in [9.17, 15) is 10.1 Å². The maximum atomic E-state index is 11.7. The molecule has 33 heavy (non-hydrogen) atoms. The lowest BCUT2D eigenvalue weighted by Crippen LogP contribution is -2.41. The van der Waals surface area contributed by atoms with Crippen molar-refractivity contribution < 1.29 is 19.2 Å². The number of nitrogens with one attached hydrogen (secondary N) is 1. The zero-order valence-electron chi connectivity index (χ0n) is 18.3. The van der Waals surface area contributed by atoms with E-state index < -0.39 is 6.61 Å². The Balaban J connectivity index is 1.50. The van der Waals surface area contributed by atoms with Crippen molar-refractivity contribution in [2.24, 2.45) is 5.92 Å². The van der Waals surface area contributed by atoms with Gasteiger partial charge in [0, 0.05) is 18.0 Å². The van der Waals surface area contributed by atoms with Gasteiger partial charge in [-0.05, 0) is 55.1 Å². The molecule has 1 fully saturated rings. The number of aromatic amines is 1. The number of rotatable bonds is 7. The second-order valence-corrected chi connectivity index (χ2v) is 8.94. The molecule has 172 valence electrons. The third-order valence-electron chi connectivity index (χ3n) is 5.92. The first kappa shape index (κ1) is 22.8. The summed E-state index contributed by atoms with van der Waals surface area (Å²) in [6.07, 6.45) is 4.44. The van der Waals surface area contributed by atoms with E-state index in [4.69, 9.17) is 20.6 Å². The lowest BCUT2D eigenvalue weighted by Gasteiger charge is -2.31. The number of nitrogens with two attached hydrogens (primary N) is 1. The van der Waals surface area contributed by atoms with E-state index in [1.54, 1.807) is 36.5 Å². The lowest BCUT2D eigenvalue weighted by molar-refractivity contribution is -0.677. The summed E-state index contributed by atoms with van der Waals surface area (Å²) in [5.41, 5.74) is 7.99. The Bertz CT molecular complexity index is 1200. The number of benzene rings is 1. The maximum Gasteiger partial charge on any atom is 0.294 e. The molecule has 0 saturated carbocycles. The first-order chi connectivity index (χ1) is 16.0. The van der Waals surface area contributed by atoms with Gasteiger partial charge < -0.3 is 25.5 Å². The van der Waals surface area contributed by atoms with Crippen LogP contribution >= 0.6 is 11.8 Å². The van der Waals surface area contributed by atoms with Crippen molar-refractivity contribution in [1.29, 1.82) is 5.26 Å². The number of hydrogen-bond donors (Lipinski definition) is 3. The van der Waals surface area contributed by atoms with Gasteiger partial charge in [0.1, 0.15) is 18.4 Å². The molecule has 3 heterocycles. The van der Waals surface area contributed by atoms with Crippen LogP contribution in [0.25, 0.3) is 11.2 Å². The van der Waals surface area contributed by atoms with Crippen LogP contribution in [0.15, 0.2) is 34.6 Å². The summed E-state index contributed by atoms with van der Waals surface area (Å²) in [5, 5.41) is 19.1. The topological polar surface area (TPSA) is 145 Å². The molecule has 0 spiro atoms. The number of aliphatic hydroxyl groups excluding tert-OH is 1. The summed E-state index contributed by atoms with van der Waals surface area (Å²) in [6.45, 7) is 1.64. The van der Waals surface area contributed by atoms with Crippen molar-refractivity contribution in [2.45, 2.75) is 35.9 Å². The Labute approximate surface area is 195 Å². The third-order valence-corrected chi connectivity index (χ3v) is 6.87. The quantitative estimate of drug-likeness (QED) is 0.442. The molecule has 4 N–H and O–H groups in total. The number of imidazole rings is 1. The van der Waals surface area contributed by atoms with Crippen LogP contribution in [0.4, 0.5) is 5.82 Å². The Morgan fingerprint density at radius 2 is 2.24 bits per heavy atom. The monoisotopic (exact) mass is 468 g/mol. The number of carbonyl (C=O) groups excluding carboxylic acids is 1. The Morgan fingerprint density at radius 1 is 1.45 bits per heavy atom. The lowest BCUT2D eigenvalue weighted by atomic mass is 9.93. The van der Waals surface area contributed by atoms with Crippen LogP contribution < -0.4 is 15.0 Å². The van der Waals surface area contributed by atoms with E-state index >= 15 is 0 Å². The number of fused-ring (bicyclic) bond motifs is 1. The number of likely N-dealkylation sites (tertiary alicyclic amines) is 1. The molecule has 2 aromatic heterocycles. The van der Waals surface area contributed by atoms with Gasteiger partial charge in [-0.15, -0.1) is 0 Å². The first-order valence-electron chi connectivity index (χ1n) is 10.7. The highest BCUT2D eigenvalue weighted by atomic mass is 32.2. The van der Waals surface area contributed by atoms with Gasteiger partial charge in [0.2, 0.25) is 23.2 Å². The predicted molar refractivity (Wildman–Crippen MR) is 121 cm³/mol. The van der Waals surface area contributed by atoms with E-state index in [0.717, 1.165) is 30.7 Å². The highest BCUT2D eigenvalue weighted by molar-refractivity contribution is 7.99. The molecule has 4 rings (SSSR count). The Hall–Kier alpha value is -3.36. The fourth-order valence-corrected chi connectivity index (χ4v) is 4.89. The second-order valence-electron chi connectivity index (χ2n) is 7.91. The van der Waals surface area contributed by atoms with Gasteiger partial charge in [0.05, 0.1) is 19.2 Å². The molecule has 1 saturated heterocycles. The number of ether oxygens (including phenoxy) is 1. The zero-order chi connectivity index (χ0) is 23.4. The maximum absolute atomic E-state index is 11.7. The number of nitrogens with zero attached hydrogens (tertiary/aromatic N) is 5. The summed E-state index contributed by atoms with van der Waals surface area (Å²) in [6, 6.07) is 7.47. The number of nitrogen functional groups attached to an aromatic ring is 1. The predicted octanol–water partition coefficient (Wildman–Crippen LogP) is 1.48. The molecule has 0 unspecified atom stereocenters. The van der Waals surface area contributed by atoms with Crippen LogP contribution in [0.1, 0.15) is 24.8 Å². The number of H-pyrrole nitrogens is 1. The number of methoxy groups -OCH3 is 1. The number of nitriles is 1. The number of piperidine rings is 1. The normalized spacial score (nSPS) is 14.4. The van der Waals surface area contributed by atoms with Gasteiger partial charge in [-0.1, -0.05) is 9.97 Å². The molecule has 0 atom stereocenters. The minimum atomic E-state index is -0.430.